The van der Waals surface area contributed by atoms with Crippen LogP contribution in [0.2, 0.25) is 5.02 Å². The lowest BCUT2D eigenvalue weighted by Crippen LogP contribution is -2.28. The number of hydrogen-bond acceptors (Lipinski definition) is 3. The molecule has 0 bridgehead atoms. The van der Waals surface area contributed by atoms with Crippen LogP contribution in [0.3, 0.4) is 0 Å². The molecule has 21 heavy (non-hydrogen) atoms. The average molecular weight is 308 g/mol. The van der Waals surface area contributed by atoms with Gasteiger partial charge in [-0.2, -0.15) is 0 Å². The number of aliphatic hydroxyl groups excluding tert-OH is 1. The van der Waals surface area contributed by atoms with Crippen LogP contribution in [0.5, 0.6) is 5.75 Å². The molecule has 0 spiro atoms. The van der Waals surface area contributed by atoms with Gasteiger partial charge >= 0.3 is 0 Å². The van der Waals surface area contributed by atoms with E-state index >= 15 is 0 Å². The van der Waals surface area contributed by atoms with E-state index in [2.05, 4.69) is 6.92 Å². The molecule has 0 saturated heterocycles. The van der Waals surface area contributed by atoms with Crippen LogP contribution in [0.25, 0.3) is 10.8 Å². The molecular weight excluding hydrogens is 286 g/mol. The molecule has 3 N–H and O–H groups in total. The van der Waals surface area contributed by atoms with Crippen molar-refractivity contribution in [1.29, 1.82) is 0 Å². The molecule has 4 heteroatoms. The third kappa shape index (κ3) is 3.49. The van der Waals surface area contributed by atoms with Crippen molar-refractivity contribution in [3.05, 3.63) is 40.9 Å². The minimum Gasteiger partial charge on any atom is -0.495 e. The highest BCUT2D eigenvalue weighted by molar-refractivity contribution is 6.37. The van der Waals surface area contributed by atoms with Gasteiger partial charge in [-0.05, 0) is 29.5 Å². The van der Waals surface area contributed by atoms with Gasteiger partial charge in [0.2, 0.25) is 0 Å². The Balaban J connectivity index is 2.31. The fourth-order valence-corrected chi connectivity index (χ4v) is 2.79. The van der Waals surface area contributed by atoms with Gasteiger partial charge in [0.05, 0.1) is 18.2 Å². The van der Waals surface area contributed by atoms with Gasteiger partial charge in [0.15, 0.2) is 0 Å². The van der Waals surface area contributed by atoms with Crippen LogP contribution in [0.4, 0.5) is 0 Å². The summed E-state index contributed by atoms with van der Waals surface area (Å²) in [6.45, 7) is 2.12. The second-order valence-corrected chi connectivity index (χ2v) is 5.69. The molecule has 3 nitrogen and oxygen atoms in total. The summed E-state index contributed by atoms with van der Waals surface area (Å²) in [6.07, 6.45) is 2.27. The van der Waals surface area contributed by atoms with Crippen molar-refractivity contribution >= 4 is 22.4 Å². The molecule has 0 saturated carbocycles. The summed E-state index contributed by atoms with van der Waals surface area (Å²) in [5.74, 6) is 0.650. The predicted molar refractivity (Wildman–Crippen MR) is 88.0 cm³/mol. The van der Waals surface area contributed by atoms with Crippen LogP contribution in [-0.2, 0) is 0 Å². The Bertz CT molecular complexity index is 615. The highest BCUT2D eigenvalue weighted by atomic mass is 35.5. The van der Waals surface area contributed by atoms with E-state index in [0.717, 1.165) is 35.6 Å². The van der Waals surface area contributed by atoms with Crippen LogP contribution in [0.15, 0.2) is 30.3 Å². The van der Waals surface area contributed by atoms with E-state index in [1.54, 1.807) is 7.11 Å². The monoisotopic (exact) mass is 307 g/mol. The number of benzene rings is 2. The Morgan fingerprint density at radius 3 is 2.71 bits per heavy atom. The molecule has 0 radical (unpaired) electrons. The fraction of sp³-hybridized carbons (Fsp3) is 0.412. The number of ether oxygens (including phenoxy) is 1. The van der Waals surface area contributed by atoms with Gasteiger partial charge in [0.25, 0.3) is 0 Å². The molecular formula is C17H22ClNO2. The lowest BCUT2D eigenvalue weighted by atomic mass is 9.96. The van der Waals surface area contributed by atoms with Crippen LogP contribution in [0.1, 0.15) is 37.9 Å². The van der Waals surface area contributed by atoms with Gasteiger partial charge in [-0.15, -0.1) is 0 Å². The van der Waals surface area contributed by atoms with E-state index in [-0.39, 0.29) is 6.04 Å². The van der Waals surface area contributed by atoms with Crippen LogP contribution in [-0.4, -0.2) is 18.3 Å². The normalized spacial score (nSPS) is 14.1. The van der Waals surface area contributed by atoms with E-state index < -0.39 is 6.10 Å². The van der Waals surface area contributed by atoms with Crippen molar-refractivity contribution in [3.8, 4) is 5.75 Å². The maximum absolute atomic E-state index is 10.4. The second kappa shape index (κ2) is 7.12. The number of fused-ring (bicyclic) bond motifs is 1. The van der Waals surface area contributed by atoms with Gasteiger partial charge in [0.1, 0.15) is 5.75 Å². The lowest BCUT2D eigenvalue weighted by Gasteiger charge is -2.19. The summed E-state index contributed by atoms with van der Waals surface area (Å²) in [6, 6.07) is 9.26. The van der Waals surface area contributed by atoms with E-state index in [1.165, 1.54) is 0 Å². The first kappa shape index (κ1) is 16.1. The number of aliphatic hydroxyl groups is 1. The Morgan fingerprint density at radius 2 is 2.05 bits per heavy atom. The van der Waals surface area contributed by atoms with Gasteiger partial charge in [-0.25, -0.2) is 0 Å². The minimum absolute atomic E-state index is 0.240. The second-order valence-electron chi connectivity index (χ2n) is 5.31. The van der Waals surface area contributed by atoms with Crippen LogP contribution < -0.4 is 10.5 Å². The number of halogens is 1. The van der Waals surface area contributed by atoms with E-state index in [0.29, 0.717) is 10.8 Å². The zero-order chi connectivity index (χ0) is 15.4. The molecule has 114 valence electrons. The molecule has 0 fully saturated rings. The van der Waals surface area contributed by atoms with Crippen molar-refractivity contribution in [2.24, 2.45) is 5.73 Å². The van der Waals surface area contributed by atoms with E-state index in [4.69, 9.17) is 22.1 Å². The summed E-state index contributed by atoms with van der Waals surface area (Å²) in [4.78, 5) is 0. The van der Waals surface area contributed by atoms with Gasteiger partial charge in [-0.1, -0.05) is 49.6 Å². The van der Waals surface area contributed by atoms with Gasteiger partial charge in [0, 0.05) is 11.4 Å². The Hall–Kier alpha value is -1.29. The number of unbranched alkanes of at least 4 members (excludes halogenated alkanes) is 1. The lowest BCUT2D eigenvalue weighted by molar-refractivity contribution is 0.141. The largest absolute Gasteiger partial charge is 0.495 e. The average Bonchev–Trinajstić information content (AvgIpc) is 2.51. The molecule has 0 aliphatic heterocycles. The molecule has 0 aliphatic carbocycles. The van der Waals surface area contributed by atoms with Crippen molar-refractivity contribution in [2.75, 3.05) is 7.11 Å². The zero-order valence-corrected chi connectivity index (χ0v) is 13.2. The smallest absolute Gasteiger partial charge is 0.138 e. The maximum Gasteiger partial charge on any atom is 0.138 e. The SMILES string of the molecule is CCCC[C@H](N)[C@H](O)c1ccc2c(Cl)c(OC)ccc2c1. The first-order valence-corrected chi connectivity index (χ1v) is 7.66. The maximum atomic E-state index is 10.4. The Kier molecular flexibility index (Phi) is 5.45. The number of hydrogen-bond donors (Lipinski definition) is 2. The molecule has 2 aromatic rings. The third-order valence-corrected chi connectivity index (χ3v) is 4.19. The summed E-state index contributed by atoms with van der Waals surface area (Å²) >= 11 is 6.29. The summed E-state index contributed by atoms with van der Waals surface area (Å²) < 4.78 is 5.21. The highest BCUT2D eigenvalue weighted by Gasteiger charge is 2.17. The molecule has 2 aromatic carbocycles. The minimum atomic E-state index is -0.651. The molecule has 0 heterocycles. The molecule has 0 amide bonds. The standard InChI is InChI=1S/C17H22ClNO2/c1-3-4-5-14(19)17(20)12-6-8-13-11(10-12)7-9-15(21-2)16(13)18/h6-10,14,17,20H,3-5,19H2,1-2H3/t14-,17+/m0/s1. The summed E-state index contributed by atoms with van der Waals surface area (Å²) in [7, 11) is 1.60. The molecule has 2 rings (SSSR count). The van der Waals surface area contributed by atoms with Crippen LogP contribution in [0, 0.1) is 0 Å². The first-order valence-electron chi connectivity index (χ1n) is 7.28. The van der Waals surface area contributed by atoms with E-state index in [1.807, 2.05) is 30.3 Å². The van der Waals surface area contributed by atoms with E-state index in [9.17, 15) is 5.11 Å². The van der Waals surface area contributed by atoms with Crippen molar-refractivity contribution in [1.82, 2.24) is 0 Å². The van der Waals surface area contributed by atoms with Crippen LogP contribution >= 0.6 is 11.6 Å². The van der Waals surface area contributed by atoms with Crippen molar-refractivity contribution < 1.29 is 9.84 Å². The summed E-state index contributed by atoms with van der Waals surface area (Å²) in [5.41, 5.74) is 6.89. The molecule has 0 aliphatic rings. The highest BCUT2D eigenvalue weighted by Crippen LogP contribution is 2.34. The Labute approximate surface area is 130 Å². The number of methoxy groups -OCH3 is 1. The first-order chi connectivity index (χ1) is 10.1. The van der Waals surface area contributed by atoms with Gasteiger partial charge < -0.3 is 15.6 Å². The fourth-order valence-electron chi connectivity index (χ4n) is 2.48. The molecule has 0 unspecified atom stereocenters. The van der Waals surface area contributed by atoms with Gasteiger partial charge in [-0.3, -0.25) is 0 Å². The summed E-state index contributed by atoms with van der Waals surface area (Å²) in [5, 5.41) is 12.8. The zero-order valence-electron chi connectivity index (χ0n) is 12.5. The third-order valence-electron chi connectivity index (χ3n) is 3.80. The van der Waals surface area contributed by atoms with Crippen molar-refractivity contribution in [3.63, 3.8) is 0 Å². The van der Waals surface area contributed by atoms with Crippen molar-refractivity contribution in [2.45, 2.75) is 38.3 Å². The quantitative estimate of drug-likeness (QED) is 0.846. The molecule has 0 aromatic heterocycles. The molecule has 2 atom stereocenters. The Morgan fingerprint density at radius 1 is 1.29 bits per heavy atom. The number of rotatable bonds is 6. The predicted octanol–water partition coefficient (Wildman–Crippen LogP) is 4.05. The topological polar surface area (TPSA) is 55.5 Å². The number of nitrogens with two attached hydrogens (primary N) is 1.